The van der Waals surface area contributed by atoms with E-state index in [1.165, 1.54) is 36.3 Å². The molecule has 1 aromatic heterocycles. The highest BCUT2D eigenvalue weighted by Gasteiger charge is 2.39. The molecule has 2 nitrogen and oxygen atoms in total. The van der Waals surface area contributed by atoms with Crippen molar-refractivity contribution >= 4 is 37.5 Å². The topological polar surface area (TPSA) is 30.2 Å². The van der Waals surface area contributed by atoms with E-state index >= 15 is 0 Å². The molecule has 1 aromatic carbocycles. The van der Waals surface area contributed by atoms with E-state index in [1.54, 1.807) is 16.4 Å². The van der Waals surface area contributed by atoms with Gasteiger partial charge in [0.1, 0.15) is 5.58 Å². The summed E-state index contributed by atoms with van der Waals surface area (Å²) in [5.41, 5.74) is 0.539. The second-order valence-electron chi connectivity index (χ2n) is 7.37. The summed E-state index contributed by atoms with van der Waals surface area (Å²) in [5, 5.41) is 4.36. The zero-order chi connectivity index (χ0) is 18.7. The fourth-order valence-corrected chi connectivity index (χ4v) is 13.7. The van der Waals surface area contributed by atoms with Crippen LogP contribution in [-0.4, -0.2) is 16.1 Å². The number of hydrogen-bond acceptors (Lipinski definition) is 2. The van der Waals surface area contributed by atoms with Gasteiger partial charge in [-0.15, -0.1) is 0 Å². The molecule has 0 amide bonds. The number of rotatable bonds is 8. The van der Waals surface area contributed by atoms with Crippen molar-refractivity contribution in [1.29, 1.82) is 0 Å². The molecule has 0 aliphatic carbocycles. The number of hydrogen-bond donors (Lipinski definition) is 0. The van der Waals surface area contributed by atoms with E-state index in [9.17, 15) is 4.79 Å². The third-order valence-corrected chi connectivity index (χ3v) is 18.4. The van der Waals surface area contributed by atoms with Gasteiger partial charge in [0, 0.05) is 11.5 Å². The maximum atomic E-state index is 11.8. The summed E-state index contributed by atoms with van der Waals surface area (Å²) in [6.45, 7) is 14.2. The van der Waals surface area contributed by atoms with Gasteiger partial charge in [-0.3, -0.25) is 0 Å². The first-order valence-corrected chi connectivity index (χ1v) is 15.3. The summed E-state index contributed by atoms with van der Waals surface area (Å²) in [4.78, 5) is 11.8. The normalized spacial score (nSPS) is 12.7. The van der Waals surface area contributed by atoms with E-state index in [0.29, 0.717) is 0 Å². The molecule has 2 rings (SSSR count). The molecule has 0 saturated heterocycles. The van der Waals surface area contributed by atoms with Gasteiger partial charge in [0.2, 0.25) is 0 Å². The highest BCUT2D eigenvalue weighted by Crippen LogP contribution is 2.27. The van der Waals surface area contributed by atoms with Gasteiger partial charge in [-0.05, 0) is 12.1 Å². The molecular formula is C21H34O2Si2. The maximum absolute atomic E-state index is 11.8. The summed E-state index contributed by atoms with van der Waals surface area (Å²) in [6, 6.07) is 15.8. The van der Waals surface area contributed by atoms with E-state index in [-0.39, 0.29) is 5.63 Å². The minimum Gasteiger partial charge on any atom is -0.423 e. The van der Waals surface area contributed by atoms with E-state index in [2.05, 4.69) is 53.7 Å². The van der Waals surface area contributed by atoms with E-state index < -0.39 is 16.1 Å². The molecule has 25 heavy (non-hydrogen) atoms. The molecule has 138 valence electrons. The first kappa shape index (κ1) is 20.2. The minimum atomic E-state index is -1.56. The third-order valence-electron chi connectivity index (χ3n) is 6.96. The van der Waals surface area contributed by atoms with Crippen LogP contribution in [0.2, 0.25) is 36.3 Å². The highest BCUT2D eigenvalue weighted by atomic mass is 28.3. The van der Waals surface area contributed by atoms with Crippen molar-refractivity contribution < 1.29 is 4.42 Å². The summed E-state index contributed by atoms with van der Waals surface area (Å²) in [5.74, 6) is 0. The van der Waals surface area contributed by atoms with Gasteiger partial charge in [0.15, 0.2) is 0 Å². The van der Waals surface area contributed by atoms with E-state index in [1.807, 2.05) is 6.07 Å². The van der Waals surface area contributed by atoms with Gasteiger partial charge in [0.25, 0.3) is 0 Å². The van der Waals surface area contributed by atoms with Gasteiger partial charge >= 0.3 is 5.63 Å². The second kappa shape index (κ2) is 8.04. The molecule has 0 atom stereocenters. The lowest BCUT2D eigenvalue weighted by molar-refractivity contribution is 0.561. The molecule has 1 heterocycles. The Morgan fingerprint density at radius 1 is 0.720 bits per heavy atom. The van der Waals surface area contributed by atoms with Crippen molar-refractivity contribution in [2.24, 2.45) is 0 Å². The average Bonchev–Trinajstić information content (AvgIpc) is 2.65. The summed E-state index contributed by atoms with van der Waals surface area (Å²) in [6.07, 6.45) is 0. The first-order valence-electron chi connectivity index (χ1n) is 10.0. The van der Waals surface area contributed by atoms with Crippen LogP contribution in [0.3, 0.4) is 0 Å². The first-order chi connectivity index (χ1) is 12.0. The van der Waals surface area contributed by atoms with Crippen molar-refractivity contribution in [3.63, 3.8) is 0 Å². The van der Waals surface area contributed by atoms with Gasteiger partial charge < -0.3 is 4.42 Å². The number of fused-ring (bicyclic) bond motifs is 1. The molecule has 2 aromatic rings. The Hall–Kier alpha value is -1.14. The predicted octanol–water partition coefficient (Wildman–Crippen LogP) is 5.22. The van der Waals surface area contributed by atoms with E-state index in [4.69, 9.17) is 4.42 Å². The van der Waals surface area contributed by atoms with E-state index in [0.717, 1.165) is 11.0 Å². The highest BCUT2D eigenvalue weighted by molar-refractivity contribution is 7.01. The Morgan fingerprint density at radius 2 is 1.16 bits per heavy atom. The van der Waals surface area contributed by atoms with Gasteiger partial charge in [-0.1, -0.05) is 94.2 Å². The Labute approximate surface area is 154 Å². The van der Waals surface area contributed by atoms with Crippen molar-refractivity contribution in [3.05, 3.63) is 34.7 Å². The quantitative estimate of drug-likeness (QED) is 0.468. The molecule has 0 radical (unpaired) electrons. The lowest BCUT2D eigenvalue weighted by Gasteiger charge is -2.38. The van der Waals surface area contributed by atoms with Crippen LogP contribution in [0.25, 0.3) is 11.0 Å². The molecule has 4 heteroatoms. The maximum Gasteiger partial charge on any atom is 0.336 e. The molecular weight excluding hydrogens is 340 g/mol. The minimum absolute atomic E-state index is 0.243. The molecule has 0 fully saturated rings. The zero-order valence-corrected chi connectivity index (χ0v) is 18.9. The predicted molar refractivity (Wildman–Crippen MR) is 116 cm³/mol. The molecule has 0 aliphatic heterocycles. The van der Waals surface area contributed by atoms with Crippen LogP contribution >= 0.6 is 0 Å². The molecule has 0 aliphatic rings. The molecule has 0 saturated carbocycles. The Morgan fingerprint density at radius 3 is 1.60 bits per heavy atom. The van der Waals surface area contributed by atoms with Crippen LogP contribution in [0.4, 0.5) is 0 Å². The monoisotopic (exact) mass is 374 g/mol. The lowest BCUT2D eigenvalue weighted by Crippen LogP contribution is -2.62. The van der Waals surface area contributed by atoms with Crippen LogP contribution < -0.4 is 16.0 Å². The van der Waals surface area contributed by atoms with Gasteiger partial charge in [0.05, 0.1) is 16.1 Å². The standard InChI is InChI=1S/C21H34O2Si2/c1-7-24(8-2,9-3)19-15-17-13-14-21(22)23-18(17)16-20(19)25(10-4,11-5)12-6/h13-16H,7-12H2,1-6H3. The molecule has 0 spiro atoms. The van der Waals surface area contributed by atoms with Crippen LogP contribution in [0, 0.1) is 0 Å². The average molecular weight is 375 g/mol. The van der Waals surface area contributed by atoms with Crippen molar-refractivity contribution in [2.45, 2.75) is 77.8 Å². The Balaban J connectivity index is 2.92. The fourth-order valence-electron chi connectivity index (χ4n) is 4.64. The smallest absolute Gasteiger partial charge is 0.336 e. The molecule has 0 bridgehead atoms. The van der Waals surface area contributed by atoms with Crippen LogP contribution in [0.5, 0.6) is 0 Å². The third kappa shape index (κ3) is 3.43. The largest absolute Gasteiger partial charge is 0.423 e. The zero-order valence-electron chi connectivity index (χ0n) is 16.9. The van der Waals surface area contributed by atoms with Gasteiger partial charge in [-0.25, -0.2) is 4.79 Å². The summed E-state index contributed by atoms with van der Waals surface area (Å²) < 4.78 is 5.58. The second-order valence-corrected chi connectivity index (χ2v) is 17.8. The molecule has 0 N–H and O–H groups in total. The molecule has 0 unspecified atom stereocenters. The Bertz CT molecular complexity index is 755. The summed E-state index contributed by atoms with van der Waals surface area (Å²) in [7, 11) is -3.07. The lowest BCUT2D eigenvalue weighted by atomic mass is 10.2. The van der Waals surface area contributed by atoms with Crippen LogP contribution in [-0.2, 0) is 0 Å². The van der Waals surface area contributed by atoms with Crippen LogP contribution in [0.1, 0.15) is 41.5 Å². The fraction of sp³-hybridized carbons (Fsp3) is 0.571. The van der Waals surface area contributed by atoms with Gasteiger partial charge in [-0.2, -0.15) is 0 Å². The van der Waals surface area contributed by atoms with Crippen molar-refractivity contribution in [2.75, 3.05) is 0 Å². The van der Waals surface area contributed by atoms with Crippen molar-refractivity contribution in [1.82, 2.24) is 0 Å². The Kier molecular flexibility index (Phi) is 6.49. The summed E-state index contributed by atoms with van der Waals surface area (Å²) >= 11 is 0. The van der Waals surface area contributed by atoms with Crippen LogP contribution in [0.15, 0.2) is 33.5 Å². The SMILES string of the molecule is CC[Si](CC)(CC)c1cc2ccc(=O)oc2cc1[Si](CC)(CC)CC. The number of benzene rings is 1. The van der Waals surface area contributed by atoms with Crippen molar-refractivity contribution in [3.8, 4) is 0 Å².